The van der Waals surface area contributed by atoms with Crippen LogP contribution in [0.3, 0.4) is 0 Å². The van der Waals surface area contributed by atoms with Crippen LogP contribution in [0.4, 0.5) is 0 Å². The van der Waals surface area contributed by atoms with Gasteiger partial charge in [-0.3, -0.25) is 9.69 Å². The summed E-state index contributed by atoms with van der Waals surface area (Å²) >= 11 is 0. The van der Waals surface area contributed by atoms with Crippen LogP contribution in [-0.2, 0) is 4.79 Å². The zero-order chi connectivity index (χ0) is 10.8. The first-order valence-electron chi connectivity index (χ1n) is 5.94. The SMILES string of the molecule is CC(C(=O)NC1CC1)N1CCN[C@H](C)C1. The Kier molecular flexibility index (Phi) is 3.26. The number of hydrogen-bond acceptors (Lipinski definition) is 3. The number of carbonyl (C=O) groups is 1. The van der Waals surface area contributed by atoms with E-state index in [9.17, 15) is 4.79 Å². The summed E-state index contributed by atoms with van der Waals surface area (Å²) in [4.78, 5) is 14.1. The molecular formula is C11H21N3O. The second kappa shape index (κ2) is 4.49. The fourth-order valence-electron chi connectivity index (χ4n) is 2.03. The van der Waals surface area contributed by atoms with Gasteiger partial charge in [-0.05, 0) is 26.7 Å². The molecule has 1 saturated heterocycles. The Balaban J connectivity index is 1.82. The lowest BCUT2D eigenvalue weighted by Gasteiger charge is -2.35. The molecule has 15 heavy (non-hydrogen) atoms. The number of nitrogens with one attached hydrogen (secondary N) is 2. The van der Waals surface area contributed by atoms with Gasteiger partial charge in [-0.2, -0.15) is 0 Å². The van der Waals surface area contributed by atoms with Gasteiger partial charge in [0.25, 0.3) is 0 Å². The van der Waals surface area contributed by atoms with Gasteiger partial charge in [-0.1, -0.05) is 0 Å². The molecule has 2 rings (SSSR count). The molecule has 86 valence electrons. The molecule has 0 aromatic heterocycles. The largest absolute Gasteiger partial charge is 0.352 e. The first kappa shape index (κ1) is 10.9. The van der Waals surface area contributed by atoms with Crippen molar-refractivity contribution >= 4 is 5.91 Å². The lowest BCUT2D eigenvalue weighted by molar-refractivity contribution is -0.126. The second-order valence-electron chi connectivity index (χ2n) is 4.81. The van der Waals surface area contributed by atoms with Crippen molar-refractivity contribution in [2.24, 2.45) is 0 Å². The van der Waals surface area contributed by atoms with Crippen LogP contribution in [0.1, 0.15) is 26.7 Å². The highest BCUT2D eigenvalue weighted by atomic mass is 16.2. The third-order valence-corrected chi connectivity index (χ3v) is 3.25. The van der Waals surface area contributed by atoms with Gasteiger partial charge in [0.2, 0.25) is 5.91 Å². The van der Waals surface area contributed by atoms with Crippen LogP contribution in [0, 0.1) is 0 Å². The lowest BCUT2D eigenvalue weighted by atomic mass is 10.1. The highest BCUT2D eigenvalue weighted by Gasteiger charge is 2.29. The molecule has 1 aliphatic heterocycles. The minimum absolute atomic E-state index is 0.0233. The summed E-state index contributed by atoms with van der Waals surface area (Å²) < 4.78 is 0. The monoisotopic (exact) mass is 211 g/mol. The van der Waals surface area contributed by atoms with Crippen LogP contribution in [0.5, 0.6) is 0 Å². The molecule has 2 atom stereocenters. The summed E-state index contributed by atoms with van der Waals surface area (Å²) in [6.07, 6.45) is 2.33. The molecule has 0 bridgehead atoms. The van der Waals surface area contributed by atoms with Crippen LogP contribution in [0.2, 0.25) is 0 Å². The summed E-state index contributed by atoms with van der Waals surface area (Å²) in [5, 5.41) is 6.45. The molecule has 2 fully saturated rings. The highest BCUT2D eigenvalue weighted by molar-refractivity contribution is 5.81. The molecule has 4 heteroatoms. The van der Waals surface area contributed by atoms with Gasteiger partial charge in [-0.15, -0.1) is 0 Å². The zero-order valence-corrected chi connectivity index (χ0v) is 9.62. The van der Waals surface area contributed by atoms with Crippen molar-refractivity contribution in [3.63, 3.8) is 0 Å². The maximum Gasteiger partial charge on any atom is 0.237 e. The molecule has 0 aromatic carbocycles. The Labute approximate surface area is 91.4 Å². The molecule has 4 nitrogen and oxygen atoms in total. The predicted molar refractivity (Wildman–Crippen MR) is 59.7 cm³/mol. The average molecular weight is 211 g/mol. The van der Waals surface area contributed by atoms with Crippen molar-refractivity contribution in [3.8, 4) is 0 Å². The average Bonchev–Trinajstić information content (AvgIpc) is 3.00. The predicted octanol–water partition coefficient (Wildman–Crippen LogP) is -0.0528. The standard InChI is InChI=1S/C11H21N3O/c1-8-7-14(6-5-12-8)9(2)11(15)13-10-3-4-10/h8-10,12H,3-7H2,1-2H3,(H,13,15)/t8-,9?/m1/s1. The summed E-state index contributed by atoms with van der Waals surface area (Å²) in [7, 11) is 0. The number of piperazine rings is 1. The van der Waals surface area contributed by atoms with Crippen LogP contribution in [0.15, 0.2) is 0 Å². The lowest BCUT2D eigenvalue weighted by Crippen LogP contribution is -2.56. The minimum Gasteiger partial charge on any atom is -0.352 e. The highest BCUT2D eigenvalue weighted by Crippen LogP contribution is 2.19. The fourth-order valence-corrected chi connectivity index (χ4v) is 2.03. The molecular weight excluding hydrogens is 190 g/mol. The molecule has 1 aliphatic carbocycles. The molecule has 1 amide bonds. The Bertz CT molecular complexity index is 240. The first-order valence-corrected chi connectivity index (χ1v) is 5.94. The van der Waals surface area contributed by atoms with E-state index in [0.717, 1.165) is 32.5 Å². The molecule has 1 unspecified atom stereocenters. The Hall–Kier alpha value is -0.610. The smallest absolute Gasteiger partial charge is 0.237 e. The minimum atomic E-state index is 0.0233. The molecule has 0 spiro atoms. The number of hydrogen-bond donors (Lipinski definition) is 2. The van der Waals surface area contributed by atoms with E-state index >= 15 is 0 Å². The van der Waals surface area contributed by atoms with Crippen molar-refractivity contribution in [2.75, 3.05) is 19.6 Å². The van der Waals surface area contributed by atoms with Crippen LogP contribution >= 0.6 is 0 Å². The van der Waals surface area contributed by atoms with Crippen molar-refractivity contribution in [1.29, 1.82) is 0 Å². The van der Waals surface area contributed by atoms with Gasteiger partial charge in [-0.25, -0.2) is 0 Å². The van der Waals surface area contributed by atoms with Crippen LogP contribution in [-0.4, -0.2) is 48.6 Å². The van der Waals surface area contributed by atoms with Gasteiger partial charge < -0.3 is 10.6 Å². The Morgan fingerprint density at radius 1 is 1.53 bits per heavy atom. The fraction of sp³-hybridized carbons (Fsp3) is 0.909. The van der Waals surface area contributed by atoms with E-state index in [-0.39, 0.29) is 11.9 Å². The quantitative estimate of drug-likeness (QED) is 0.688. The van der Waals surface area contributed by atoms with E-state index in [2.05, 4.69) is 22.5 Å². The molecule has 0 aromatic rings. The topological polar surface area (TPSA) is 44.4 Å². The van der Waals surface area contributed by atoms with Gasteiger partial charge in [0, 0.05) is 31.7 Å². The molecule has 0 radical (unpaired) electrons. The summed E-state index contributed by atoms with van der Waals surface area (Å²) in [6.45, 7) is 7.11. The molecule has 1 saturated carbocycles. The van der Waals surface area contributed by atoms with Crippen LogP contribution in [0.25, 0.3) is 0 Å². The number of rotatable bonds is 3. The van der Waals surface area contributed by atoms with Gasteiger partial charge in [0.05, 0.1) is 6.04 Å². The van der Waals surface area contributed by atoms with Gasteiger partial charge >= 0.3 is 0 Å². The maximum atomic E-state index is 11.8. The van der Waals surface area contributed by atoms with Gasteiger partial charge in [0.15, 0.2) is 0 Å². The van der Waals surface area contributed by atoms with E-state index in [1.54, 1.807) is 0 Å². The normalized spacial score (nSPS) is 29.9. The Morgan fingerprint density at radius 2 is 2.27 bits per heavy atom. The number of nitrogens with zero attached hydrogens (tertiary/aromatic N) is 1. The van der Waals surface area contributed by atoms with Crippen molar-refractivity contribution in [1.82, 2.24) is 15.5 Å². The summed E-state index contributed by atoms with van der Waals surface area (Å²) in [5.74, 6) is 0.201. The van der Waals surface area contributed by atoms with E-state index in [0.29, 0.717) is 12.1 Å². The van der Waals surface area contributed by atoms with Crippen molar-refractivity contribution in [2.45, 2.75) is 44.8 Å². The third-order valence-electron chi connectivity index (χ3n) is 3.25. The van der Waals surface area contributed by atoms with E-state index in [1.807, 2.05) is 6.92 Å². The second-order valence-corrected chi connectivity index (χ2v) is 4.81. The molecule has 2 N–H and O–H groups in total. The number of amides is 1. The van der Waals surface area contributed by atoms with Crippen molar-refractivity contribution < 1.29 is 4.79 Å². The van der Waals surface area contributed by atoms with Crippen LogP contribution < -0.4 is 10.6 Å². The molecule has 2 aliphatic rings. The van der Waals surface area contributed by atoms with Crippen molar-refractivity contribution in [3.05, 3.63) is 0 Å². The van der Waals surface area contributed by atoms with E-state index in [4.69, 9.17) is 0 Å². The van der Waals surface area contributed by atoms with Gasteiger partial charge in [0.1, 0.15) is 0 Å². The maximum absolute atomic E-state index is 11.8. The zero-order valence-electron chi connectivity index (χ0n) is 9.62. The summed E-state index contributed by atoms with van der Waals surface area (Å²) in [5.41, 5.74) is 0. The first-order chi connectivity index (χ1) is 7.16. The number of carbonyl (C=O) groups excluding carboxylic acids is 1. The Morgan fingerprint density at radius 3 is 2.87 bits per heavy atom. The van der Waals surface area contributed by atoms with E-state index in [1.165, 1.54) is 0 Å². The summed E-state index contributed by atoms with van der Waals surface area (Å²) in [6, 6.07) is 0.991. The molecule has 1 heterocycles. The van der Waals surface area contributed by atoms with E-state index < -0.39 is 0 Å². The third kappa shape index (κ3) is 2.92.